The molecular weight excluding hydrogens is 312 g/mol. The first-order chi connectivity index (χ1) is 12.1. The minimum absolute atomic E-state index is 0.0880. The lowest BCUT2D eigenvalue weighted by Gasteiger charge is -2.17. The van der Waals surface area contributed by atoms with Crippen LogP contribution >= 0.6 is 0 Å². The van der Waals surface area contributed by atoms with E-state index >= 15 is 0 Å². The summed E-state index contributed by atoms with van der Waals surface area (Å²) in [6.45, 7) is 1.98. The van der Waals surface area contributed by atoms with Gasteiger partial charge >= 0.3 is 0 Å². The second kappa shape index (κ2) is 7.53. The molecule has 1 unspecified atom stereocenters. The topological polar surface area (TPSA) is 54.3 Å². The third-order valence-electron chi connectivity index (χ3n) is 4.64. The number of nitrogens with zero attached hydrogens (tertiary/aromatic N) is 1. The van der Waals surface area contributed by atoms with E-state index in [0.29, 0.717) is 6.42 Å². The second-order valence-corrected chi connectivity index (χ2v) is 6.36. The lowest BCUT2D eigenvalue weighted by Crippen LogP contribution is -2.31. The van der Waals surface area contributed by atoms with Crippen LogP contribution in [0.4, 0.5) is 0 Å². The van der Waals surface area contributed by atoms with Crippen LogP contribution in [0.5, 0.6) is 0 Å². The number of aryl methyl sites for hydroxylation is 2. The molecule has 0 aliphatic heterocycles. The molecule has 3 rings (SSSR count). The number of benzene rings is 2. The number of aromatic nitrogens is 1. The average Bonchev–Trinajstić information content (AvgIpc) is 2.96. The predicted octanol–water partition coefficient (Wildman–Crippen LogP) is 3.13. The molecule has 1 atom stereocenters. The van der Waals surface area contributed by atoms with Crippen molar-refractivity contribution in [2.24, 2.45) is 7.05 Å². The summed E-state index contributed by atoms with van der Waals surface area (Å²) in [4.78, 5) is 12.5. The number of carbonyl (C=O) groups excluding carboxylic acids is 1. The monoisotopic (exact) mass is 336 g/mol. The Bertz CT molecular complexity index is 865. The van der Waals surface area contributed by atoms with Crippen molar-refractivity contribution in [3.05, 3.63) is 71.4 Å². The molecule has 4 heteroatoms. The molecule has 0 fully saturated rings. The van der Waals surface area contributed by atoms with Gasteiger partial charge in [-0.1, -0.05) is 49.4 Å². The Kier molecular flexibility index (Phi) is 5.19. The number of hydrogen-bond acceptors (Lipinski definition) is 2. The van der Waals surface area contributed by atoms with Gasteiger partial charge in [0.15, 0.2) is 0 Å². The SMILES string of the molecule is CCc1ccc(C(CO)NC(=O)Cc2cn(C)c3ccccc23)cc1. The van der Waals surface area contributed by atoms with Crippen molar-refractivity contribution in [2.45, 2.75) is 25.8 Å². The first-order valence-corrected chi connectivity index (χ1v) is 8.64. The Balaban J connectivity index is 1.73. The van der Waals surface area contributed by atoms with Crippen molar-refractivity contribution in [2.75, 3.05) is 6.61 Å². The third-order valence-corrected chi connectivity index (χ3v) is 4.64. The van der Waals surface area contributed by atoms with Crippen LogP contribution in [0.25, 0.3) is 10.9 Å². The van der Waals surface area contributed by atoms with Crippen molar-refractivity contribution < 1.29 is 9.90 Å². The minimum atomic E-state index is -0.381. The number of fused-ring (bicyclic) bond motifs is 1. The van der Waals surface area contributed by atoms with Crippen molar-refractivity contribution in [1.29, 1.82) is 0 Å². The van der Waals surface area contributed by atoms with Gasteiger partial charge in [-0.2, -0.15) is 0 Å². The van der Waals surface area contributed by atoms with Gasteiger partial charge in [-0.05, 0) is 29.2 Å². The molecule has 0 aliphatic carbocycles. The summed E-state index contributed by atoms with van der Waals surface area (Å²) in [6.07, 6.45) is 3.26. The second-order valence-electron chi connectivity index (χ2n) is 6.36. The molecular formula is C21H24N2O2. The van der Waals surface area contributed by atoms with Gasteiger partial charge in [0.25, 0.3) is 0 Å². The van der Waals surface area contributed by atoms with Crippen LogP contribution in [0.3, 0.4) is 0 Å². The van der Waals surface area contributed by atoms with Crippen LogP contribution < -0.4 is 5.32 Å². The van der Waals surface area contributed by atoms with E-state index < -0.39 is 0 Å². The maximum Gasteiger partial charge on any atom is 0.225 e. The summed E-state index contributed by atoms with van der Waals surface area (Å²) in [6, 6.07) is 15.7. The number of carbonyl (C=O) groups is 1. The maximum absolute atomic E-state index is 12.5. The fraction of sp³-hybridized carbons (Fsp3) is 0.286. The molecule has 0 saturated heterocycles. The molecule has 0 radical (unpaired) electrons. The van der Waals surface area contributed by atoms with Crippen molar-refractivity contribution in [3.63, 3.8) is 0 Å². The molecule has 0 bridgehead atoms. The van der Waals surface area contributed by atoms with Gasteiger partial charge in [0.2, 0.25) is 5.91 Å². The van der Waals surface area contributed by atoms with E-state index in [0.717, 1.165) is 28.5 Å². The molecule has 1 heterocycles. The molecule has 25 heavy (non-hydrogen) atoms. The predicted molar refractivity (Wildman–Crippen MR) is 100 cm³/mol. The molecule has 2 aromatic carbocycles. The van der Waals surface area contributed by atoms with Gasteiger partial charge in [0.05, 0.1) is 19.1 Å². The lowest BCUT2D eigenvalue weighted by molar-refractivity contribution is -0.121. The molecule has 4 nitrogen and oxygen atoms in total. The Morgan fingerprint density at radius 1 is 1.16 bits per heavy atom. The zero-order chi connectivity index (χ0) is 17.8. The van der Waals surface area contributed by atoms with Crippen LogP contribution in [0.2, 0.25) is 0 Å². The Labute approximate surface area is 148 Å². The summed E-state index contributed by atoms with van der Waals surface area (Å²) < 4.78 is 2.03. The highest BCUT2D eigenvalue weighted by atomic mass is 16.3. The molecule has 0 saturated carbocycles. The first-order valence-electron chi connectivity index (χ1n) is 8.64. The van der Waals surface area contributed by atoms with E-state index in [-0.39, 0.29) is 18.6 Å². The van der Waals surface area contributed by atoms with Crippen LogP contribution in [0.1, 0.15) is 29.7 Å². The molecule has 2 N–H and O–H groups in total. The van der Waals surface area contributed by atoms with E-state index in [1.807, 2.05) is 66.3 Å². The van der Waals surface area contributed by atoms with E-state index in [2.05, 4.69) is 12.2 Å². The van der Waals surface area contributed by atoms with Gasteiger partial charge in [0, 0.05) is 24.1 Å². The highest BCUT2D eigenvalue weighted by molar-refractivity contribution is 5.89. The van der Waals surface area contributed by atoms with Gasteiger partial charge in [-0.3, -0.25) is 4.79 Å². The van der Waals surface area contributed by atoms with Gasteiger partial charge in [0.1, 0.15) is 0 Å². The summed E-state index contributed by atoms with van der Waals surface area (Å²) in [7, 11) is 1.98. The van der Waals surface area contributed by atoms with E-state index in [4.69, 9.17) is 0 Å². The standard InChI is InChI=1S/C21H24N2O2/c1-3-15-8-10-16(11-9-15)19(14-24)22-21(25)12-17-13-23(2)20-7-5-4-6-18(17)20/h4-11,13,19,24H,3,12,14H2,1-2H3,(H,22,25). The van der Waals surface area contributed by atoms with Gasteiger partial charge < -0.3 is 15.0 Å². The number of hydrogen-bond donors (Lipinski definition) is 2. The molecule has 1 aromatic heterocycles. The lowest BCUT2D eigenvalue weighted by atomic mass is 10.0. The average molecular weight is 336 g/mol. The number of amides is 1. The Morgan fingerprint density at radius 3 is 2.56 bits per heavy atom. The minimum Gasteiger partial charge on any atom is -0.394 e. The van der Waals surface area contributed by atoms with Gasteiger partial charge in [-0.25, -0.2) is 0 Å². The summed E-state index contributed by atoms with van der Waals surface area (Å²) in [5.41, 5.74) is 4.27. The molecule has 3 aromatic rings. The van der Waals surface area contributed by atoms with Crippen LogP contribution in [0.15, 0.2) is 54.7 Å². The largest absolute Gasteiger partial charge is 0.394 e. The summed E-state index contributed by atoms with van der Waals surface area (Å²) >= 11 is 0. The molecule has 0 spiro atoms. The zero-order valence-electron chi connectivity index (χ0n) is 14.7. The Morgan fingerprint density at radius 2 is 1.88 bits per heavy atom. The smallest absolute Gasteiger partial charge is 0.225 e. The van der Waals surface area contributed by atoms with Crippen molar-refractivity contribution in [1.82, 2.24) is 9.88 Å². The maximum atomic E-state index is 12.5. The molecule has 1 amide bonds. The van der Waals surface area contributed by atoms with E-state index in [1.54, 1.807) is 0 Å². The number of aliphatic hydroxyl groups excluding tert-OH is 1. The number of rotatable bonds is 6. The summed E-state index contributed by atoms with van der Waals surface area (Å²) in [5.74, 6) is -0.0880. The highest BCUT2D eigenvalue weighted by Gasteiger charge is 2.16. The third kappa shape index (κ3) is 3.74. The zero-order valence-corrected chi connectivity index (χ0v) is 14.7. The van der Waals surface area contributed by atoms with Crippen LogP contribution in [-0.2, 0) is 24.7 Å². The summed E-state index contributed by atoms with van der Waals surface area (Å²) in [5, 5.41) is 13.7. The Hall–Kier alpha value is -2.59. The number of nitrogens with one attached hydrogen (secondary N) is 1. The van der Waals surface area contributed by atoms with Crippen molar-refractivity contribution >= 4 is 16.8 Å². The van der Waals surface area contributed by atoms with Crippen LogP contribution in [-0.4, -0.2) is 22.2 Å². The molecule has 130 valence electrons. The number of aliphatic hydroxyl groups is 1. The first kappa shape index (κ1) is 17.2. The van der Waals surface area contributed by atoms with Crippen LogP contribution in [0, 0.1) is 0 Å². The van der Waals surface area contributed by atoms with Gasteiger partial charge in [-0.15, -0.1) is 0 Å². The molecule has 0 aliphatic rings. The fourth-order valence-electron chi connectivity index (χ4n) is 3.20. The normalized spacial score (nSPS) is 12.3. The van der Waals surface area contributed by atoms with E-state index in [1.165, 1.54) is 5.56 Å². The number of para-hydroxylation sites is 1. The van der Waals surface area contributed by atoms with Crippen molar-refractivity contribution in [3.8, 4) is 0 Å². The van der Waals surface area contributed by atoms with E-state index in [9.17, 15) is 9.90 Å². The highest BCUT2D eigenvalue weighted by Crippen LogP contribution is 2.21. The quantitative estimate of drug-likeness (QED) is 0.727. The fourth-order valence-corrected chi connectivity index (χ4v) is 3.20.